The molecular weight excluding hydrogens is 274 g/mol. The van der Waals surface area contributed by atoms with Gasteiger partial charge in [0.1, 0.15) is 0 Å². The predicted molar refractivity (Wildman–Crippen MR) is 85.4 cm³/mol. The van der Waals surface area contributed by atoms with Crippen molar-refractivity contribution >= 4 is 5.78 Å². The van der Waals surface area contributed by atoms with Crippen LogP contribution in [0.2, 0.25) is 0 Å². The van der Waals surface area contributed by atoms with Crippen molar-refractivity contribution in [1.82, 2.24) is 19.3 Å². The van der Waals surface area contributed by atoms with Gasteiger partial charge in [-0.05, 0) is 11.6 Å². The van der Waals surface area contributed by atoms with E-state index >= 15 is 0 Å². The minimum Gasteiger partial charge on any atom is -0.326 e. The van der Waals surface area contributed by atoms with E-state index in [9.17, 15) is 0 Å². The second-order valence-electron chi connectivity index (χ2n) is 5.93. The van der Waals surface area contributed by atoms with Crippen molar-refractivity contribution in [2.75, 3.05) is 13.1 Å². The summed E-state index contributed by atoms with van der Waals surface area (Å²) in [7, 11) is 0. The zero-order chi connectivity index (χ0) is 14.9. The molecule has 0 radical (unpaired) electrons. The molecule has 2 atom stereocenters. The van der Waals surface area contributed by atoms with Crippen LogP contribution in [-0.4, -0.2) is 38.4 Å². The van der Waals surface area contributed by atoms with Gasteiger partial charge in [-0.25, -0.2) is 9.97 Å². The first-order valence-electron chi connectivity index (χ1n) is 7.61. The third kappa shape index (κ3) is 2.49. The number of nitrogens with two attached hydrogens (primary N) is 1. The maximum atomic E-state index is 6.35. The first kappa shape index (κ1) is 13.4. The molecule has 1 saturated heterocycles. The molecular formula is C17H19N5. The summed E-state index contributed by atoms with van der Waals surface area (Å²) < 4.78 is 1.96. The lowest BCUT2D eigenvalue weighted by molar-refractivity contribution is 0.320. The Kier molecular flexibility index (Phi) is 3.36. The van der Waals surface area contributed by atoms with Crippen LogP contribution < -0.4 is 5.73 Å². The third-order valence-corrected chi connectivity index (χ3v) is 4.34. The summed E-state index contributed by atoms with van der Waals surface area (Å²) >= 11 is 0. The van der Waals surface area contributed by atoms with E-state index in [1.54, 1.807) is 6.20 Å². The molecule has 1 aromatic carbocycles. The van der Waals surface area contributed by atoms with Crippen molar-refractivity contribution in [2.24, 2.45) is 5.73 Å². The number of rotatable bonds is 3. The Morgan fingerprint density at radius 3 is 2.82 bits per heavy atom. The Labute approximate surface area is 129 Å². The van der Waals surface area contributed by atoms with Crippen molar-refractivity contribution in [1.29, 1.82) is 0 Å². The number of fused-ring (bicyclic) bond motifs is 1. The lowest BCUT2D eigenvalue weighted by atomic mass is 9.95. The van der Waals surface area contributed by atoms with E-state index in [2.05, 4.69) is 39.1 Å². The maximum Gasteiger partial charge on any atom is 0.233 e. The average molecular weight is 293 g/mol. The molecule has 112 valence electrons. The number of aromatic nitrogens is 3. The highest BCUT2D eigenvalue weighted by atomic mass is 15.2. The fraction of sp³-hybridized carbons (Fsp3) is 0.294. The van der Waals surface area contributed by atoms with Crippen LogP contribution in [0.15, 0.2) is 55.0 Å². The van der Waals surface area contributed by atoms with Crippen molar-refractivity contribution in [3.63, 3.8) is 0 Å². The number of imidazole rings is 1. The van der Waals surface area contributed by atoms with Gasteiger partial charge in [0.25, 0.3) is 0 Å². The number of likely N-dealkylation sites (tertiary alicyclic amines) is 1. The normalized spacial score (nSPS) is 22.4. The number of hydrogen-bond acceptors (Lipinski definition) is 4. The van der Waals surface area contributed by atoms with Crippen molar-refractivity contribution in [3.05, 3.63) is 66.2 Å². The van der Waals surface area contributed by atoms with Gasteiger partial charge in [0.2, 0.25) is 5.78 Å². The molecule has 22 heavy (non-hydrogen) atoms. The second-order valence-corrected chi connectivity index (χ2v) is 5.93. The highest BCUT2D eigenvalue weighted by Crippen LogP contribution is 2.27. The van der Waals surface area contributed by atoms with Crippen LogP contribution >= 0.6 is 0 Å². The summed E-state index contributed by atoms with van der Waals surface area (Å²) in [5, 5.41) is 0. The molecule has 1 fully saturated rings. The van der Waals surface area contributed by atoms with Crippen LogP contribution in [0.25, 0.3) is 5.78 Å². The van der Waals surface area contributed by atoms with E-state index in [1.165, 1.54) is 5.56 Å². The van der Waals surface area contributed by atoms with Crippen LogP contribution in [-0.2, 0) is 6.54 Å². The minimum absolute atomic E-state index is 0.178. The molecule has 2 N–H and O–H groups in total. The molecule has 5 heteroatoms. The molecule has 1 aliphatic rings. The molecule has 0 amide bonds. The first-order valence-corrected chi connectivity index (χ1v) is 7.61. The second kappa shape index (κ2) is 5.51. The summed E-state index contributed by atoms with van der Waals surface area (Å²) in [6.45, 7) is 2.70. The molecule has 0 bridgehead atoms. The van der Waals surface area contributed by atoms with Gasteiger partial charge in [-0.3, -0.25) is 9.30 Å². The standard InChI is InChI=1S/C17H19N5/c18-16-12-21(11-15(16)13-5-2-1-3-6-13)9-14-10-22-8-4-7-19-17(22)20-14/h1-8,10,15-16H,9,11-12,18H2/t15-,16+/m0/s1. The Bertz CT molecular complexity index is 734. The smallest absolute Gasteiger partial charge is 0.233 e. The number of nitrogens with zero attached hydrogens (tertiary/aromatic N) is 4. The molecule has 0 aliphatic carbocycles. The fourth-order valence-electron chi connectivity index (χ4n) is 3.28. The molecule has 0 saturated carbocycles. The van der Waals surface area contributed by atoms with Crippen molar-refractivity contribution in [2.45, 2.75) is 18.5 Å². The number of benzene rings is 1. The minimum atomic E-state index is 0.178. The van der Waals surface area contributed by atoms with Crippen LogP contribution in [0.3, 0.4) is 0 Å². The summed E-state index contributed by atoms with van der Waals surface area (Å²) in [6, 6.07) is 12.6. The van der Waals surface area contributed by atoms with Gasteiger partial charge >= 0.3 is 0 Å². The Morgan fingerprint density at radius 1 is 1.14 bits per heavy atom. The van der Waals surface area contributed by atoms with E-state index in [1.807, 2.05) is 28.9 Å². The summed E-state index contributed by atoms with van der Waals surface area (Å²) in [5.74, 6) is 1.15. The molecule has 2 aromatic heterocycles. The van der Waals surface area contributed by atoms with Crippen molar-refractivity contribution < 1.29 is 0 Å². The Morgan fingerprint density at radius 2 is 2.00 bits per heavy atom. The monoisotopic (exact) mass is 293 g/mol. The van der Waals surface area contributed by atoms with Gasteiger partial charge in [0.15, 0.2) is 0 Å². The van der Waals surface area contributed by atoms with Crippen molar-refractivity contribution in [3.8, 4) is 0 Å². The van der Waals surface area contributed by atoms with E-state index in [4.69, 9.17) is 5.73 Å². The SMILES string of the molecule is N[C@@H]1CN(Cc2cn3cccnc3n2)C[C@H]1c1ccccc1. The van der Waals surface area contributed by atoms with Gasteiger partial charge in [-0.15, -0.1) is 0 Å². The van der Waals surface area contributed by atoms with Crippen LogP contribution in [0.1, 0.15) is 17.2 Å². The summed E-state index contributed by atoms with van der Waals surface area (Å²) in [6.07, 6.45) is 5.79. The third-order valence-electron chi connectivity index (χ3n) is 4.34. The molecule has 0 unspecified atom stereocenters. The van der Waals surface area contributed by atoms with Crippen LogP contribution in [0, 0.1) is 0 Å². The first-order chi connectivity index (χ1) is 10.8. The van der Waals surface area contributed by atoms with E-state index in [0.717, 1.165) is 31.1 Å². The number of hydrogen-bond donors (Lipinski definition) is 1. The topological polar surface area (TPSA) is 59.5 Å². The summed E-state index contributed by atoms with van der Waals surface area (Å²) in [4.78, 5) is 11.2. The van der Waals surface area contributed by atoms with Gasteiger partial charge in [0.05, 0.1) is 5.69 Å². The molecule has 0 spiro atoms. The van der Waals surface area contributed by atoms with Gasteiger partial charge in [-0.1, -0.05) is 30.3 Å². The lowest BCUT2D eigenvalue weighted by Gasteiger charge is -2.15. The largest absolute Gasteiger partial charge is 0.326 e. The fourth-order valence-corrected chi connectivity index (χ4v) is 3.28. The summed E-state index contributed by atoms with van der Waals surface area (Å²) in [5.41, 5.74) is 8.72. The zero-order valence-corrected chi connectivity index (χ0v) is 12.3. The Balaban J connectivity index is 1.50. The molecule has 4 rings (SSSR count). The van der Waals surface area contributed by atoms with Crippen LogP contribution in [0.4, 0.5) is 0 Å². The highest BCUT2D eigenvalue weighted by Gasteiger charge is 2.31. The van der Waals surface area contributed by atoms with E-state index in [0.29, 0.717) is 5.92 Å². The molecule has 1 aliphatic heterocycles. The highest BCUT2D eigenvalue weighted by molar-refractivity contribution is 5.30. The van der Waals surface area contributed by atoms with Gasteiger partial charge in [-0.2, -0.15) is 0 Å². The lowest BCUT2D eigenvalue weighted by Crippen LogP contribution is -2.28. The average Bonchev–Trinajstić information content (AvgIpc) is 3.11. The quantitative estimate of drug-likeness (QED) is 0.798. The van der Waals surface area contributed by atoms with E-state index < -0.39 is 0 Å². The van der Waals surface area contributed by atoms with Gasteiger partial charge in [0, 0.05) is 50.2 Å². The predicted octanol–water partition coefficient (Wildman–Crippen LogP) is 1.66. The maximum absolute atomic E-state index is 6.35. The zero-order valence-electron chi connectivity index (χ0n) is 12.3. The molecule has 3 heterocycles. The molecule has 5 nitrogen and oxygen atoms in total. The van der Waals surface area contributed by atoms with Crippen LogP contribution in [0.5, 0.6) is 0 Å². The van der Waals surface area contributed by atoms with E-state index in [-0.39, 0.29) is 6.04 Å². The van der Waals surface area contributed by atoms with Gasteiger partial charge < -0.3 is 5.73 Å². The molecule has 3 aromatic rings. The Hall–Kier alpha value is -2.24.